The molecule has 0 aliphatic carbocycles. The van der Waals surface area contributed by atoms with Gasteiger partial charge in [0.1, 0.15) is 11.6 Å². The third-order valence-electron chi connectivity index (χ3n) is 2.59. The van der Waals surface area contributed by atoms with Gasteiger partial charge in [0.15, 0.2) is 0 Å². The third-order valence-corrected chi connectivity index (χ3v) is 3.83. The van der Waals surface area contributed by atoms with Crippen molar-refractivity contribution in [1.82, 2.24) is 0 Å². The maximum Gasteiger partial charge on any atom is 0.132 e. The molecule has 1 aliphatic heterocycles. The van der Waals surface area contributed by atoms with Crippen LogP contribution in [0.15, 0.2) is 12.1 Å². The molecule has 4 heteroatoms. The lowest BCUT2D eigenvalue weighted by Gasteiger charge is -2.13. The standard InChI is InChI=1S/C11H12F2OS/c1-6-2-10(14)11-7(5-15-6)3-8(12)4-9(11)13/h3-4,6,10,14H,2,5H2,1H3/t6?,10-/m0/s1. The number of aliphatic hydroxyl groups excluding tert-OH is 1. The van der Waals surface area contributed by atoms with Crippen LogP contribution >= 0.6 is 11.8 Å². The van der Waals surface area contributed by atoms with E-state index in [2.05, 4.69) is 0 Å². The maximum atomic E-state index is 13.5. The molecule has 1 nitrogen and oxygen atoms in total. The second-order valence-corrected chi connectivity index (χ2v) is 5.26. The predicted octanol–water partition coefficient (Wildman–Crippen LogP) is 3.02. The Balaban J connectivity index is 2.48. The van der Waals surface area contributed by atoms with Crippen LogP contribution in [0.2, 0.25) is 0 Å². The van der Waals surface area contributed by atoms with E-state index in [0.717, 1.165) is 6.07 Å². The van der Waals surface area contributed by atoms with Crippen LogP contribution in [0.25, 0.3) is 0 Å². The first-order valence-electron chi connectivity index (χ1n) is 4.85. The average molecular weight is 230 g/mol. The highest BCUT2D eigenvalue weighted by molar-refractivity contribution is 7.99. The lowest BCUT2D eigenvalue weighted by molar-refractivity contribution is 0.163. The summed E-state index contributed by atoms with van der Waals surface area (Å²) in [7, 11) is 0. The number of thioether (sulfide) groups is 1. The second-order valence-electron chi connectivity index (χ2n) is 3.83. The van der Waals surface area contributed by atoms with Gasteiger partial charge >= 0.3 is 0 Å². The number of halogens is 2. The molecule has 1 aromatic rings. The molecular weight excluding hydrogens is 218 g/mol. The molecule has 2 atom stereocenters. The Morgan fingerprint density at radius 3 is 2.87 bits per heavy atom. The van der Waals surface area contributed by atoms with Crippen molar-refractivity contribution in [3.63, 3.8) is 0 Å². The van der Waals surface area contributed by atoms with Crippen molar-refractivity contribution in [3.05, 3.63) is 34.9 Å². The Kier molecular flexibility index (Phi) is 2.98. The molecule has 0 fully saturated rings. The molecule has 0 bridgehead atoms. The van der Waals surface area contributed by atoms with E-state index < -0.39 is 17.7 Å². The normalized spacial score (nSPS) is 25.9. The Bertz CT molecular complexity index is 381. The van der Waals surface area contributed by atoms with Crippen LogP contribution in [0, 0.1) is 11.6 Å². The summed E-state index contributed by atoms with van der Waals surface area (Å²) < 4.78 is 26.5. The van der Waals surface area contributed by atoms with Gasteiger partial charge in [0.2, 0.25) is 0 Å². The van der Waals surface area contributed by atoms with Gasteiger partial charge in [-0.25, -0.2) is 8.78 Å². The number of aliphatic hydroxyl groups is 1. The molecule has 1 aliphatic rings. The molecule has 0 aromatic heterocycles. The van der Waals surface area contributed by atoms with Crippen LogP contribution in [0.1, 0.15) is 30.6 Å². The molecule has 0 radical (unpaired) electrons. The first-order valence-corrected chi connectivity index (χ1v) is 5.90. The first-order chi connectivity index (χ1) is 7.08. The van der Waals surface area contributed by atoms with Gasteiger partial charge in [-0.15, -0.1) is 0 Å². The van der Waals surface area contributed by atoms with E-state index in [-0.39, 0.29) is 10.8 Å². The molecule has 1 N–H and O–H groups in total. The molecular formula is C11H12F2OS. The van der Waals surface area contributed by atoms with E-state index in [1.807, 2.05) is 6.92 Å². The van der Waals surface area contributed by atoms with Gasteiger partial charge in [-0.05, 0) is 18.1 Å². The zero-order valence-electron chi connectivity index (χ0n) is 8.34. The number of hydrogen-bond donors (Lipinski definition) is 1. The second kappa shape index (κ2) is 4.10. The summed E-state index contributed by atoms with van der Waals surface area (Å²) in [6.07, 6.45) is -0.300. The van der Waals surface area contributed by atoms with Gasteiger partial charge in [-0.2, -0.15) is 11.8 Å². The molecule has 0 saturated heterocycles. The zero-order valence-corrected chi connectivity index (χ0v) is 9.15. The lowest BCUT2D eigenvalue weighted by Crippen LogP contribution is -2.06. The van der Waals surface area contributed by atoms with Crippen molar-refractivity contribution >= 4 is 11.8 Å². The Labute approximate surface area is 91.5 Å². The monoisotopic (exact) mass is 230 g/mol. The van der Waals surface area contributed by atoms with E-state index in [1.54, 1.807) is 11.8 Å². The van der Waals surface area contributed by atoms with Crippen molar-refractivity contribution in [3.8, 4) is 0 Å². The van der Waals surface area contributed by atoms with E-state index in [9.17, 15) is 13.9 Å². The summed E-state index contributed by atoms with van der Waals surface area (Å²) in [5, 5.41) is 10.1. The largest absolute Gasteiger partial charge is 0.388 e. The van der Waals surface area contributed by atoms with Crippen molar-refractivity contribution in [2.24, 2.45) is 0 Å². The Morgan fingerprint density at radius 2 is 2.13 bits per heavy atom. The molecule has 82 valence electrons. The fraction of sp³-hybridized carbons (Fsp3) is 0.455. The van der Waals surface area contributed by atoms with Gasteiger partial charge in [0.05, 0.1) is 6.10 Å². The van der Waals surface area contributed by atoms with Gasteiger partial charge in [0.25, 0.3) is 0 Å². The third kappa shape index (κ3) is 2.16. The smallest absolute Gasteiger partial charge is 0.132 e. The minimum atomic E-state index is -0.814. The molecule has 1 unspecified atom stereocenters. The summed E-state index contributed by atoms with van der Waals surface area (Å²) in [6, 6.07) is 2.15. The quantitative estimate of drug-likeness (QED) is 0.739. The summed E-state index contributed by atoms with van der Waals surface area (Å²) >= 11 is 1.61. The van der Waals surface area contributed by atoms with Crippen molar-refractivity contribution in [1.29, 1.82) is 0 Å². The Hall–Kier alpha value is -0.610. The number of hydrogen-bond acceptors (Lipinski definition) is 2. The molecule has 15 heavy (non-hydrogen) atoms. The highest BCUT2D eigenvalue weighted by Crippen LogP contribution is 2.36. The van der Waals surface area contributed by atoms with E-state index >= 15 is 0 Å². The summed E-state index contributed by atoms with van der Waals surface area (Å²) in [6.45, 7) is 1.98. The molecule has 2 rings (SSSR count). The van der Waals surface area contributed by atoms with Crippen molar-refractivity contribution < 1.29 is 13.9 Å². The van der Waals surface area contributed by atoms with Crippen LogP contribution in [0.3, 0.4) is 0 Å². The summed E-state index contributed by atoms with van der Waals surface area (Å²) in [5.74, 6) is -0.650. The number of benzene rings is 1. The van der Waals surface area contributed by atoms with E-state index in [4.69, 9.17) is 0 Å². The zero-order chi connectivity index (χ0) is 11.0. The highest BCUT2D eigenvalue weighted by Gasteiger charge is 2.24. The van der Waals surface area contributed by atoms with Gasteiger partial charge in [0, 0.05) is 22.6 Å². The number of rotatable bonds is 0. The van der Waals surface area contributed by atoms with Crippen molar-refractivity contribution in [2.75, 3.05) is 0 Å². The lowest BCUT2D eigenvalue weighted by atomic mass is 9.99. The first kappa shape index (κ1) is 10.9. The highest BCUT2D eigenvalue weighted by atomic mass is 32.2. The SMILES string of the molecule is CC1C[C@H](O)c2c(F)cc(F)cc2CS1. The molecule has 0 amide bonds. The molecule has 0 saturated carbocycles. The van der Waals surface area contributed by atoms with Crippen LogP contribution in [0.5, 0.6) is 0 Å². The minimum Gasteiger partial charge on any atom is -0.388 e. The molecule has 1 aromatic carbocycles. The topological polar surface area (TPSA) is 20.2 Å². The summed E-state index contributed by atoms with van der Waals surface area (Å²) in [5.41, 5.74) is 0.850. The van der Waals surface area contributed by atoms with E-state index in [1.165, 1.54) is 6.07 Å². The molecule has 1 heterocycles. The van der Waals surface area contributed by atoms with Gasteiger partial charge in [-0.1, -0.05) is 6.92 Å². The van der Waals surface area contributed by atoms with Crippen LogP contribution in [0.4, 0.5) is 8.78 Å². The fourth-order valence-electron chi connectivity index (χ4n) is 1.86. The molecule has 0 spiro atoms. The van der Waals surface area contributed by atoms with Crippen LogP contribution in [-0.2, 0) is 5.75 Å². The van der Waals surface area contributed by atoms with Gasteiger partial charge < -0.3 is 5.11 Å². The summed E-state index contributed by atoms with van der Waals surface area (Å²) in [4.78, 5) is 0. The fourth-order valence-corrected chi connectivity index (χ4v) is 2.88. The number of fused-ring (bicyclic) bond motifs is 1. The average Bonchev–Trinajstić information content (AvgIpc) is 2.25. The maximum absolute atomic E-state index is 13.5. The van der Waals surface area contributed by atoms with Crippen LogP contribution in [-0.4, -0.2) is 10.4 Å². The minimum absolute atomic E-state index is 0.259. The van der Waals surface area contributed by atoms with Gasteiger partial charge in [-0.3, -0.25) is 0 Å². The van der Waals surface area contributed by atoms with Crippen molar-refractivity contribution in [2.45, 2.75) is 30.5 Å². The van der Waals surface area contributed by atoms with Crippen LogP contribution < -0.4 is 0 Å². The van der Waals surface area contributed by atoms with E-state index in [0.29, 0.717) is 17.7 Å². The Morgan fingerprint density at radius 1 is 1.40 bits per heavy atom. The predicted molar refractivity (Wildman–Crippen MR) is 56.7 cm³/mol.